The minimum absolute atomic E-state index is 0.110. The third-order valence-electron chi connectivity index (χ3n) is 3.05. The number of halogens is 1. The molecule has 0 unspecified atom stereocenters. The lowest BCUT2D eigenvalue weighted by molar-refractivity contribution is 0.113. The van der Waals surface area contributed by atoms with E-state index < -0.39 is 22.2 Å². The molecule has 0 spiro atoms. The van der Waals surface area contributed by atoms with Crippen LogP contribution in [0.4, 0.5) is 0 Å². The maximum Gasteiger partial charge on any atom is 0.216 e. The maximum absolute atomic E-state index is 12.0. The molecule has 0 amide bonds. The SMILES string of the molecule is O=S(=O)(Cc1ccc(Cl)cc1)N[C@@H]1CCNC[C@H]1O. The van der Waals surface area contributed by atoms with Gasteiger partial charge in [0.25, 0.3) is 0 Å². The molecule has 7 heteroatoms. The van der Waals surface area contributed by atoms with Crippen LogP contribution in [0.25, 0.3) is 0 Å². The largest absolute Gasteiger partial charge is 0.390 e. The van der Waals surface area contributed by atoms with E-state index in [2.05, 4.69) is 10.0 Å². The molecule has 1 aromatic carbocycles. The van der Waals surface area contributed by atoms with Crippen LogP contribution >= 0.6 is 11.6 Å². The molecule has 0 aliphatic carbocycles. The van der Waals surface area contributed by atoms with Crippen molar-refractivity contribution in [3.05, 3.63) is 34.9 Å². The Hall–Kier alpha value is -0.660. The van der Waals surface area contributed by atoms with Crippen molar-refractivity contribution in [2.45, 2.75) is 24.3 Å². The van der Waals surface area contributed by atoms with E-state index in [1.54, 1.807) is 24.3 Å². The Kier molecular flexibility index (Phi) is 4.81. The van der Waals surface area contributed by atoms with E-state index in [0.29, 0.717) is 30.1 Å². The van der Waals surface area contributed by atoms with Gasteiger partial charge in [0.1, 0.15) is 0 Å². The molecule has 5 nitrogen and oxygen atoms in total. The van der Waals surface area contributed by atoms with E-state index in [4.69, 9.17) is 11.6 Å². The molecule has 1 fully saturated rings. The van der Waals surface area contributed by atoms with Gasteiger partial charge in [0.05, 0.1) is 17.9 Å². The number of hydrogen-bond donors (Lipinski definition) is 3. The van der Waals surface area contributed by atoms with Crippen molar-refractivity contribution in [3.63, 3.8) is 0 Å². The second-order valence-electron chi connectivity index (χ2n) is 4.67. The van der Waals surface area contributed by atoms with E-state index in [-0.39, 0.29) is 5.75 Å². The van der Waals surface area contributed by atoms with Crippen LogP contribution < -0.4 is 10.0 Å². The van der Waals surface area contributed by atoms with Gasteiger partial charge in [-0.15, -0.1) is 0 Å². The summed E-state index contributed by atoms with van der Waals surface area (Å²) in [6.07, 6.45) is -0.102. The normalized spacial score (nSPS) is 24.3. The monoisotopic (exact) mass is 304 g/mol. The van der Waals surface area contributed by atoms with Crippen LogP contribution in [0.2, 0.25) is 5.02 Å². The second kappa shape index (κ2) is 6.19. The summed E-state index contributed by atoms with van der Waals surface area (Å²) in [6.45, 7) is 1.11. The first-order chi connectivity index (χ1) is 8.96. The second-order valence-corrected chi connectivity index (χ2v) is 6.86. The van der Waals surface area contributed by atoms with Crippen molar-refractivity contribution in [1.29, 1.82) is 0 Å². The fraction of sp³-hybridized carbons (Fsp3) is 0.500. The summed E-state index contributed by atoms with van der Waals surface area (Å²) in [7, 11) is -3.46. The molecule has 1 heterocycles. The Labute approximate surface area is 118 Å². The number of piperidine rings is 1. The summed E-state index contributed by atoms with van der Waals surface area (Å²) in [5.41, 5.74) is 0.667. The van der Waals surface area contributed by atoms with Gasteiger partial charge in [0.2, 0.25) is 10.0 Å². The van der Waals surface area contributed by atoms with Crippen molar-refractivity contribution in [2.24, 2.45) is 0 Å². The molecule has 1 aromatic rings. The zero-order valence-electron chi connectivity index (χ0n) is 10.3. The average Bonchev–Trinajstić information content (AvgIpc) is 2.35. The van der Waals surface area contributed by atoms with Gasteiger partial charge in [0, 0.05) is 11.6 Å². The van der Waals surface area contributed by atoms with Crippen LogP contribution in [0.5, 0.6) is 0 Å². The molecule has 19 heavy (non-hydrogen) atoms. The lowest BCUT2D eigenvalue weighted by Crippen LogP contribution is -2.52. The first-order valence-corrected chi connectivity index (χ1v) is 8.12. The van der Waals surface area contributed by atoms with Gasteiger partial charge in [0.15, 0.2) is 0 Å². The molecule has 2 atom stereocenters. The fourth-order valence-electron chi connectivity index (χ4n) is 2.05. The van der Waals surface area contributed by atoms with E-state index >= 15 is 0 Å². The van der Waals surface area contributed by atoms with Crippen LogP contribution in [0.3, 0.4) is 0 Å². The summed E-state index contributed by atoms with van der Waals surface area (Å²) in [6, 6.07) is 6.26. The summed E-state index contributed by atoms with van der Waals surface area (Å²) < 4.78 is 26.6. The van der Waals surface area contributed by atoms with Crippen LogP contribution in [0.15, 0.2) is 24.3 Å². The molecular formula is C12H17ClN2O3S. The molecule has 106 valence electrons. The first kappa shape index (κ1) is 14.7. The smallest absolute Gasteiger partial charge is 0.216 e. The maximum atomic E-state index is 12.0. The predicted molar refractivity (Wildman–Crippen MR) is 74.5 cm³/mol. The number of benzene rings is 1. The highest BCUT2D eigenvalue weighted by atomic mass is 35.5. The summed E-state index contributed by atoms with van der Waals surface area (Å²) in [5, 5.41) is 13.3. The van der Waals surface area contributed by atoms with E-state index in [1.807, 2.05) is 0 Å². The third-order valence-corrected chi connectivity index (χ3v) is 4.68. The van der Waals surface area contributed by atoms with Gasteiger partial charge < -0.3 is 10.4 Å². The first-order valence-electron chi connectivity index (χ1n) is 6.09. The van der Waals surface area contributed by atoms with Crippen LogP contribution in [0, 0.1) is 0 Å². The number of sulfonamides is 1. The van der Waals surface area contributed by atoms with Gasteiger partial charge in [-0.2, -0.15) is 0 Å². The molecule has 1 aliphatic heterocycles. The number of nitrogens with one attached hydrogen (secondary N) is 2. The van der Waals surface area contributed by atoms with Gasteiger partial charge in [-0.25, -0.2) is 13.1 Å². The molecule has 0 aromatic heterocycles. The summed E-state index contributed by atoms with van der Waals surface area (Å²) in [5.74, 6) is -0.110. The van der Waals surface area contributed by atoms with Gasteiger partial charge >= 0.3 is 0 Å². The Morgan fingerprint density at radius 2 is 2.05 bits per heavy atom. The molecule has 0 radical (unpaired) electrons. The van der Waals surface area contributed by atoms with Crippen LogP contribution in [-0.2, 0) is 15.8 Å². The van der Waals surface area contributed by atoms with E-state index in [1.165, 1.54) is 0 Å². The summed E-state index contributed by atoms with van der Waals surface area (Å²) in [4.78, 5) is 0. The summed E-state index contributed by atoms with van der Waals surface area (Å²) >= 11 is 5.75. The molecule has 0 saturated carbocycles. The number of hydrogen-bond acceptors (Lipinski definition) is 4. The topological polar surface area (TPSA) is 78.4 Å². The van der Waals surface area contributed by atoms with Crippen LogP contribution in [0.1, 0.15) is 12.0 Å². The Morgan fingerprint density at radius 1 is 1.37 bits per heavy atom. The highest BCUT2D eigenvalue weighted by Gasteiger charge is 2.27. The van der Waals surface area contributed by atoms with Crippen LogP contribution in [-0.4, -0.2) is 38.8 Å². The fourth-order valence-corrected chi connectivity index (χ4v) is 3.63. The average molecular weight is 305 g/mol. The molecule has 0 bridgehead atoms. The van der Waals surface area contributed by atoms with Crippen molar-refractivity contribution in [3.8, 4) is 0 Å². The zero-order chi connectivity index (χ0) is 13.9. The minimum Gasteiger partial charge on any atom is -0.390 e. The zero-order valence-corrected chi connectivity index (χ0v) is 11.9. The van der Waals surface area contributed by atoms with Crippen molar-refractivity contribution in [1.82, 2.24) is 10.0 Å². The lowest BCUT2D eigenvalue weighted by Gasteiger charge is -2.28. The third kappa shape index (κ3) is 4.43. The Bertz CT molecular complexity index is 518. The highest BCUT2D eigenvalue weighted by Crippen LogP contribution is 2.13. The van der Waals surface area contributed by atoms with Crippen molar-refractivity contribution < 1.29 is 13.5 Å². The number of aliphatic hydroxyl groups is 1. The van der Waals surface area contributed by atoms with Crippen molar-refractivity contribution >= 4 is 21.6 Å². The van der Waals surface area contributed by atoms with Gasteiger partial charge in [-0.1, -0.05) is 23.7 Å². The molecular weight excluding hydrogens is 288 g/mol. The predicted octanol–water partition coefficient (Wildman–Crippen LogP) is 0.482. The number of aliphatic hydroxyl groups excluding tert-OH is 1. The quantitative estimate of drug-likeness (QED) is 0.756. The van der Waals surface area contributed by atoms with E-state index in [9.17, 15) is 13.5 Å². The highest BCUT2D eigenvalue weighted by molar-refractivity contribution is 7.88. The standard InChI is InChI=1S/C12H17ClN2O3S/c13-10-3-1-9(2-4-10)8-19(17,18)15-11-5-6-14-7-12(11)16/h1-4,11-12,14-16H,5-8H2/t11-,12-/m1/s1. The number of rotatable bonds is 4. The Morgan fingerprint density at radius 3 is 2.68 bits per heavy atom. The molecule has 1 aliphatic rings. The lowest BCUT2D eigenvalue weighted by atomic mass is 10.1. The molecule has 1 saturated heterocycles. The molecule has 3 N–H and O–H groups in total. The minimum atomic E-state index is -3.46. The van der Waals surface area contributed by atoms with Gasteiger partial charge in [-0.05, 0) is 30.7 Å². The van der Waals surface area contributed by atoms with Crippen molar-refractivity contribution in [2.75, 3.05) is 13.1 Å². The number of β-amino-alcohol motifs (C(OH)–C–C–N with tert-alkyl or cyclic N) is 1. The van der Waals surface area contributed by atoms with E-state index in [0.717, 1.165) is 0 Å². The van der Waals surface area contributed by atoms with Gasteiger partial charge in [-0.3, -0.25) is 0 Å². The molecule has 2 rings (SSSR count). The Balaban J connectivity index is 2.00.